The predicted molar refractivity (Wildman–Crippen MR) is 206 cm³/mol. The van der Waals surface area contributed by atoms with E-state index in [9.17, 15) is 0 Å². The summed E-state index contributed by atoms with van der Waals surface area (Å²) in [5, 5.41) is 0. The van der Waals surface area contributed by atoms with Crippen molar-refractivity contribution >= 4 is 7.26 Å². The van der Waals surface area contributed by atoms with Gasteiger partial charge in [0, 0.05) is 7.26 Å². The Morgan fingerprint density at radius 3 is 0.488 bits per heavy atom. The molecule has 0 bridgehead atoms. The second kappa shape index (κ2) is 36.9. The molecule has 0 atom stereocenters. The topological polar surface area (TPSA) is 0 Å². The molecular weight excluding hydrogens is 535 g/mol. The second-order valence-corrected chi connectivity index (χ2v) is 19.3. The fourth-order valence-corrected chi connectivity index (χ4v) is 12.3. The molecular formula is C42H88P+. The van der Waals surface area contributed by atoms with Crippen molar-refractivity contribution < 1.29 is 0 Å². The van der Waals surface area contributed by atoms with Crippen molar-refractivity contribution in [2.24, 2.45) is 0 Å². The van der Waals surface area contributed by atoms with Gasteiger partial charge in [0.05, 0.1) is 24.6 Å². The monoisotopic (exact) mass is 624 g/mol. The Hall–Kier alpha value is 0.430. The first-order valence-electron chi connectivity index (χ1n) is 21.1. The standard InChI is InChI=1S/C42H88P/c1-5-9-13-17-21-24-28-32-36-40-43(39-35-31-27-20-16-12-8-4,41-37-33-29-25-22-18-14-10-6-2)42-38-34-30-26-23-19-15-11-7-3/h5-42H2,1-4H3/q+1. The lowest BCUT2D eigenvalue weighted by Gasteiger charge is -2.28. The maximum absolute atomic E-state index is 2.35. The van der Waals surface area contributed by atoms with Gasteiger partial charge in [0.1, 0.15) is 0 Å². The van der Waals surface area contributed by atoms with Gasteiger partial charge in [0.15, 0.2) is 0 Å². The van der Waals surface area contributed by atoms with Gasteiger partial charge in [0.25, 0.3) is 0 Å². The number of hydrogen-bond acceptors (Lipinski definition) is 0. The van der Waals surface area contributed by atoms with E-state index in [-0.39, 0.29) is 0 Å². The molecule has 0 N–H and O–H groups in total. The zero-order valence-electron chi connectivity index (χ0n) is 31.3. The molecule has 0 saturated heterocycles. The number of hydrogen-bond donors (Lipinski definition) is 0. The maximum atomic E-state index is 2.35. The van der Waals surface area contributed by atoms with E-state index in [1.165, 1.54) is 193 Å². The Bertz CT molecular complexity index is 430. The molecule has 0 saturated carbocycles. The molecule has 0 nitrogen and oxygen atoms in total. The molecule has 0 aliphatic rings. The summed E-state index contributed by atoms with van der Waals surface area (Å²) in [6, 6.07) is 0. The lowest BCUT2D eigenvalue weighted by atomic mass is 10.1. The molecule has 43 heavy (non-hydrogen) atoms. The molecule has 0 radical (unpaired) electrons. The fourth-order valence-electron chi connectivity index (χ4n) is 7.35. The number of rotatable bonds is 38. The summed E-state index contributed by atoms with van der Waals surface area (Å²) in [6.45, 7) is 9.37. The molecule has 0 heterocycles. The van der Waals surface area contributed by atoms with Crippen LogP contribution in [0.15, 0.2) is 0 Å². The molecule has 0 amide bonds. The van der Waals surface area contributed by atoms with Crippen LogP contribution in [0.5, 0.6) is 0 Å². The fraction of sp³-hybridized carbons (Fsp3) is 1.00. The zero-order chi connectivity index (χ0) is 31.4. The summed E-state index contributed by atoms with van der Waals surface area (Å²) in [4.78, 5) is 0. The summed E-state index contributed by atoms with van der Waals surface area (Å²) in [7, 11) is -0.769. The van der Waals surface area contributed by atoms with Gasteiger partial charge in [-0.1, -0.05) is 195 Å². The quantitative estimate of drug-likeness (QED) is 0.0474. The van der Waals surface area contributed by atoms with Crippen LogP contribution in [-0.4, -0.2) is 24.6 Å². The van der Waals surface area contributed by atoms with Crippen LogP contribution < -0.4 is 0 Å². The third-order valence-electron chi connectivity index (χ3n) is 10.4. The Morgan fingerprint density at radius 1 is 0.186 bits per heavy atom. The van der Waals surface area contributed by atoms with Crippen LogP contribution in [0.4, 0.5) is 0 Å². The maximum Gasteiger partial charge on any atom is 0.0594 e. The van der Waals surface area contributed by atoms with Crippen molar-refractivity contribution in [1.82, 2.24) is 0 Å². The summed E-state index contributed by atoms with van der Waals surface area (Å²) in [6.07, 6.45) is 57.2. The van der Waals surface area contributed by atoms with Crippen LogP contribution >= 0.6 is 7.26 Å². The highest BCUT2D eigenvalue weighted by atomic mass is 31.2. The second-order valence-electron chi connectivity index (χ2n) is 14.8. The average molecular weight is 624 g/mol. The lowest BCUT2D eigenvalue weighted by Crippen LogP contribution is -2.13. The lowest BCUT2D eigenvalue weighted by molar-refractivity contribution is 0.567. The van der Waals surface area contributed by atoms with E-state index in [0.29, 0.717) is 0 Å². The molecule has 0 aliphatic carbocycles. The normalized spacial score (nSPS) is 12.0. The van der Waals surface area contributed by atoms with Gasteiger partial charge in [-0.3, -0.25) is 0 Å². The molecule has 260 valence electrons. The molecule has 0 aromatic rings. The van der Waals surface area contributed by atoms with Crippen LogP contribution in [-0.2, 0) is 0 Å². The van der Waals surface area contributed by atoms with E-state index in [0.717, 1.165) is 0 Å². The Balaban J connectivity index is 4.81. The molecule has 0 unspecified atom stereocenters. The van der Waals surface area contributed by atoms with Gasteiger partial charge in [-0.25, -0.2) is 0 Å². The molecule has 0 aromatic carbocycles. The highest BCUT2D eigenvalue weighted by molar-refractivity contribution is 7.75. The molecule has 0 rings (SSSR count). The molecule has 0 aliphatic heterocycles. The van der Waals surface area contributed by atoms with Crippen molar-refractivity contribution in [3.8, 4) is 0 Å². The third-order valence-corrected chi connectivity index (χ3v) is 15.5. The van der Waals surface area contributed by atoms with Crippen molar-refractivity contribution in [3.63, 3.8) is 0 Å². The first-order chi connectivity index (χ1) is 21.2. The Labute approximate surface area is 277 Å². The van der Waals surface area contributed by atoms with Crippen molar-refractivity contribution in [2.75, 3.05) is 24.6 Å². The van der Waals surface area contributed by atoms with E-state index < -0.39 is 7.26 Å². The van der Waals surface area contributed by atoms with Crippen LogP contribution in [0.2, 0.25) is 0 Å². The van der Waals surface area contributed by atoms with Gasteiger partial charge >= 0.3 is 0 Å². The summed E-state index contributed by atoms with van der Waals surface area (Å²) in [5.74, 6) is 0. The van der Waals surface area contributed by atoms with Crippen LogP contribution in [0, 0.1) is 0 Å². The summed E-state index contributed by atoms with van der Waals surface area (Å²) < 4.78 is 0. The van der Waals surface area contributed by atoms with Crippen molar-refractivity contribution in [2.45, 2.75) is 246 Å². The number of unbranched alkanes of at least 4 members (excludes halogenated alkanes) is 30. The van der Waals surface area contributed by atoms with E-state index in [2.05, 4.69) is 27.7 Å². The van der Waals surface area contributed by atoms with Gasteiger partial charge in [-0.05, 0) is 51.4 Å². The Morgan fingerprint density at radius 2 is 0.326 bits per heavy atom. The molecule has 0 aromatic heterocycles. The Kier molecular flexibility index (Phi) is 37.3. The minimum atomic E-state index is -0.769. The highest BCUT2D eigenvalue weighted by Crippen LogP contribution is 2.61. The zero-order valence-corrected chi connectivity index (χ0v) is 32.2. The molecule has 0 fully saturated rings. The molecule has 0 spiro atoms. The van der Waals surface area contributed by atoms with Gasteiger partial charge in [0.2, 0.25) is 0 Å². The van der Waals surface area contributed by atoms with Gasteiger partial charge < -0.3 is 0 Å². The third kappa shape index (κ3) is 32.2. The van der Waals surface area contributed by atoms with Crippen molar-refractivity contribution in [1.29, 1.82) is 0 Å². The average Bonchev–Trinajstić information content (AvgIpc) is 3.02. The van der Waals surface area contributed by atoms with E-state index in [4.69, 9.17) is 0 Å². The SMILES string of the molecule is CCCCCCCCCCC[P+](CCCCCCCCC)(CCCCCCCCCCC)CCCCCCCCCCC. The minimum absolute atomic E-state index is 0.769. The van der Waals surface area contributed by atoms with Crippen LogP contribution in [0.3, 0.4) is 0 Å². The van der Waals surface area contributed by atoms with E-state index >= 15 is 0 Å². The van der Waals surface area contributed by atoms with Crippen molar-refractivity contribution in [3.05, 3.63) is 0 Å². The molecule has 1 heteroatoms. The van der Waals surface area contributed by atoms with E-state index in [1.54, 1.807) is 50.3 Å². The minimum Gasteiger partial charge on any atom is -0.0654 e. The predicted octanol–water partition coefficient (Wildman–Crippen LogP) is 16.3. The first-order valence-corrected chi connectivity index (χ1v) is 23.6. The van der Waals surface area contributed by atoms with Crippen LogP contribution in [0.25, 0.3) is 0 Å². The van der Waals surface area contributed by atoms with Crippen LogP contribution in [0.1, 0.15) is 246 Å². The first kappa shape index (κ1) is 43.4. The highest BCUT2D eigenvalue weighted by Gasteiger charge is 2.35. The van der Waals surface area contributed by atoms with Gasteiger partial charge in [-0.2, -0.15) is 0 Å². The van der Waals surface area contributed by atoms with E-state index in [1.807, 2.05) is 0 Å². The van der Waals surface area contributed by atoms with Gasteiger partial charge in [-0.15, -0.1) is 0 Å². The largest absolute Gasteiger partial charge is 0.0654 e. The smallest absolute Gasteiger partial charge is 0.0594 e. The summed E-state index contributed by atoms with van der Waals surface area (Å²) in [5.41, 5.74) is 0. The summed E-state index contributed by atoms with van der Waals surface area (Å²) >= 11 is 0.